The van der Waals surface area contributed by atoms with E-state index >= 15 is 0 Å². The first-order chi connectivity index (χ1) is 10.0. The van der Waals surface area contributed by atoms with E-state index in [9.17, 15) is 9.90 Å². The van der Waals surface area contributed by atoms with Crippen LogP contribution in [0.2, 0.25) is 0 Å². The Hall–Kier alpha value is -1.98. The third-order valence-electron chi connectivity index (χ3n) is 3.11. The molecule has 0 saturated carbocycles. The Morgan fingerprint density at radius 2 is 1.90 bits per heavy atom. The fraction of sp³-hybridized carbons (Fsp3) is 0.188. The molecular weight excluding hydrogens is 284 g/mol. The fourth-order valence-corrected chi connectivity index (χ4v) is 2.22. The highest BCUT2D eigenvalue weighted by Crippen LogP contribution is 2.11. The minimum Gasteiger partial charge on any atom is -0.508 e. The minimum atomic E-state index is -0.617. The van der Waals surface area contributed by atoms with Crippen molar-refractivity contribution in [1.82, 2.24) is 5.32 Å². The molecule has 4 N–H and O–H groups in total. The fourth-order valence-electron chi connectivity index (χ4n) is 1.97. The summed E-state index contributed by atoms with van der Waals surface area (Å²) in [6.45, 7) is 0.427. The lowest BCUT2D eigenvalue weighted by molar-refractivity contribution is -0.122. The molecule has 0 bridgehead atoms. The first kappa shape index (κ1) is 15.4. The molecule has 4 nitrogen and oxygen atoms in total. The molecule has 0 aliphatic rings. The van der Waals surface area contributed by atoms with Crippen molar-refractivity contribution in [2.75, 3.05) is 0 Å². The zero-order chi connectivity index (χ0) is 15.2. The van der Waals surface area contributed by atoms with Gasteiger partial charge in [-0.2, -0.15) is 0 Å². The van der Waals surface area contributed by atoms with Crippen LogP contribution >= 0.6 is 12.6 Å². The van der Waals surface area contributed by atoms with Crippen molar-refractivity contribution in [1.29, 1.82) is 0 Å². The third-order valence-corrected chi connectivity index (χ3v) is 3.38. The van der Waals surface area contributed by atoms with E-state index in [4.69, 9.17) is 5.73 Å². The van der Waals surface area contributed by atoms with Crippen molar-refractivity contribution in [2.45, 2.75) is 23.9 Å². The summed E-state index contributed by atoms with van der Waals surface area (Å²) in [5.41, 5.74) is 7.78. The summed E-state index contributed by atoms with van der Waals surface area (Å²) in [6.07, 6.45) is 0.429. The molecule has 0 radical (unpaired) electrons. The van der Waals surface area contributed by atoms with E-state index in [1.165, 1.54) is 0 Å². The second kappa shape index (κ2) is 7.15. The first-order valence-electron chi connectivity index (χ1n) is 6.63. The van der Waals surface area contributed by atoms with Crippen LogP contribution in [0.15, 0.2) is 53.4 Å². The van der Waals surface area contributed by atoms with Gasteiger partial charge in [0.15, 0.2) is 0 Å². The minimum absolute atomic E-state index is 0.198. The smallest absolute Gasteiger partial charge is 0.237 e. The zero-order valence-corrected chi connectivity index (χ0v) is 12.4. The lowest BCUT2D eigenvalue weighted by Crippen LogP contribution is -2.41. The lowest BCUT2D eigenvalue weighted by Gasteiger charge is -2.12. The Labute approximate surface area is 129 Å². The van der Waals surface area contributed by atoms with Crippen molar-refractivity contribution in [2.24, 2.45) is 5.73 Å². The van der Waals surface area contributed by atoms with Crippen LogP contribution in [0.25, 0.3) is 0 Å². The van der Waals surface area contributed by atoms with Crippen LogP contribution in [0.1, 0.15) is 11.1 Å². The van der Waals surface area contributed by atoms with Gasteiger partial charge >= 0.3 is 0 Å². The van der Waals surface area contributed by atoms with E-state index < -0.39 is 6.04 Å². The maximum absolute atomic E-state index is 12.0. The normalized spacial score (nSPS) is 11.9. The number of carbonyl (C=O) groups is 1. The van der Waals surface area contributed by atoms with Gasteiger partial charge in [-0.3, -0.25) is 4.79 Å². The number of amides is 1. The number of nitrogens with one attached hydrogen (secondary N) is 1. The number of phenolic OH excluding ortho intramolecular Hbond substituents is 1. The molecule has 21 heavy (non-hydrogen) atoms. The van der Waals surface area contributed by atoms with E-state index in [1.807, 2.05) is 24.3 Å². The van der Waals surface area contributed by atoms with Crippen LogP contribution in [0.5, 0.6) is 5.75 Å². The molecule has 0 heterocycles. The predicted octanol–water partition coefficient (Wildman–Crippen LogP) is 1.87. The summed E-state index contributed by atoms with van der Waals surface area (Å²) in [5, 5.41) is 12.0. The molecule has 0 aliphatic heterocycles. The van der Waals surface area contributed by atoms with Gasteiger partial charge in [0.1, 0.15) is 5.75 Å². The van der Waals surface area contributed by atoms with E-state index in [-0.39, 0.29) is 11.7 Å². The summed E-state index contributed by atoms with van der Waals surface area (Å²) >= 11 is 4.26. The van der Waals surface area contributed by atoms with Gasteiger partial charge < -0.3 is 16.2 Å². The number of thiol groups is 1. The molecule has 0 aliphatic carbocycles. The van der Waals surface area contributed by atoms with Crippen LogP contribution < -0.4 is 11.1 Å². The van der Waals surface area contributed by atoms with E-state index in [0.717, 1.165) is 16.0 Å². The highest BCUT2D eigenvalue weighted by molar-refractivity contribution is 7.80. The van der Waals surface area contributed by atoms with Gasteiger partial charge in [-0.1, -0.05) is 24.3 Å². The Kier molecular flexibility index (Phi) is 5.25. The average molecular weight is 302 g/mol. The standard InChI is InChI=1S/C16H18N2O2S/c17-15(9-11-4-6-13(19)7-5-11)16(20)18-10-12-2-1-3-14(21)8-12/h1-8,15,19,21H,9-10,17H2,(H,18,20)/t15-/m1/s1. The Morgan fingerprint density at radius 1 is 1.19 bits per heavy atom. The molecule has 0 saturated heterocycles. The van der Waals surface area contributed by atoms with Crippen LogP contribution in [0.4, 0.5) is 0 Å². The second-order valence-corrected chi connectivity index (χ2v) is 5.38. The van der Waals surface area contributed by atoms with Gasteiger partial charge in [-0.15, -0.1) is 12.6 Å². The van der Waals surface area contributed by atoms with Gasteiger partial charge in [0.2, 0.25) is 5.91 Å². The second-order valence-electron chi connectivity index (χ2n) is 4.86. The number of hydrogen-bond acceptors (Lipinski definition) is 4. The molecule has 0 fully saturated rings. The van der Waals surface area contributed by atoms with E-state index in [2.05, 4.69) is 17.9 Å². The topological polar surface area (TPSA) is 75.3 Å². The highest BCUT2D eigenvalue weighted by atomic mass is 32.1. The van der Waals surface area contributed by atoms with E-state index in [0.29, 0.717) is 13.0 Å². The Balaban J connectivity index is 1.86. The zero-order valence-electron chi connectivity index (χ0n) is 11.5. The largest absolute Gasteiger partial charge is 0.508 e. The Morgan fingerprint density at radius 3 is 2.57 bits per heavy atom. The number of hydrogen-bond donors (Lipinski definition) is 4. The van der Waals surface area contributed by atoms with Crippen molar-refractivity contribution >= 4 is 18.5 Å². The number of aromatic hydroxyl groups is 1. The monoisotopic (exact) mass is 302 g/mol. The lowest BCUT2D eigenvalue weighted by atomic mass is 10.1. The van der Waals surface area contributed by atoms with Gasteiger partial charge in [0.25, 0.3) is 0 Å². The maximum Gasteiger partial charge on any atom is 0.237 e. The number of carbonyl (C=O) groups excluding carboxylic acids is 1. The summed E-state index contributed by atoms with van der Waals surface area (Å²) in [5.74, 6) is -0.00366. The van der Waals surface area contributed by atoms with Crippen LogP contribution in [-0.4, -0.2) is 17.1 Å². The molecule has 0 spiro atoms. The van der Waals surface area contributed by atoms with Crippen molar-refractivity contribution in [3.05, 3.63) is 59.7 Å². The molecular formula is C16H18N2O2S. The van der Waals surface area contributed by atoms with Crippen LogP contribution in [0, 0.1) is 0 Å². The van der Waals surface area contributed by atoms with Gasteiger partial charge in [-0.25, -0.2) is 0 Å². The first-order valence-corrected chi connectivity index (χ1v) is 7.08. The number of benzene rings is 2. The summed E-state index contributed by atoms with van der Waals surface area (Å²) < 4.78 is 0. The van der Waals surface area contributed by atoms with Crippen molar-refractivity contribution < 1.29 is 9.90 Å². The summed E-state index contributed by atoms with van der Waals surface area (Å²) in [6, 6.07) is 13.6. The summed E-state index contributed by atoms with van der Waals surface area (Å²) in [7, 11) is 0. The van der Waals surface area contributed by atoms with E-state index in [1.54, 1.807) is 24.3 Å². The number of rotatable bonds is 5. The molecule has 0 unspecified atom stereocenters. The van der Waals surface area contributed by atoms with Gasteiger partial charge in [0.05, 0.1) is 6.04 Å². The molecule has 2 aromatic rings. The van der Waals surface area contributed by atoms with Crippen molar-refractivity contribution in [3.8, 4) is 5.75 Å². The SMILES string of the molecule is N[C@H](Cc1ccc(O)cc1)C(=O)NCc1cccc(S)c1. The quantitative estimate of drug-likeness (QED) is 0.637. The Bertz CT molecular complexity index is 614. The van der Waals surface area contributed by atoms with Crippen LogP contribution in [0.3, 0.4) is 0 Å². The highest BCUT2D eigenvalue weighted by Gasteiger charge is 2.13. The summed E-state index contributed by atoms with van der Waals surface area (Å²) in [4.78, 5) is 12.8. The van der Waals surface area contributed by atoms with Crippen LogP contribution in [-0.2, 0) is 17.8 Å². The third kappa shape index (κ3) is 4.81. The molecule has 2 rings (SSSR count). The number of nitrogens with two attached hydrogens (primary N) is 1. The molecule has 110 valence electrons. The predicted molar refractivity (Wildman–Crippen MR) is 85.3 cm³/mol. The number of phenols is 1. The molecule has 5 heteroatoms. The molecule has 0 aromatic heterocycles. The van der Waals surface area contributed by atoms with Crippen molar-refractivity contribution in [3.63, 3.8) is 0 Å². The van der Waals surface area contributed by atoms with Gasteiger partial charge in [-0.05, 0) is 41.8 Å². The molecule has 1 amide bonds. The average Bonchev–Trinajstić information content (AvgIpc) is 2.47. The molecule has 1 atom stereocenters. The van der Waals surface area contributed by atoms with Gasteiger partial charge in [0, 0.05) is 11.4 Å². The molecule has 2 aromatic carbocycles. The maximum atomic E-state index is 12.0.